The Morgan fingerprint density at radius 2 is 2.26 bits per heavy atom. The molecular formula is C15H25NO2S. The fourth-order valence-corrected chi connectivity index (χ4v) is 3.39. The van der Waals surface area contributed by atoms with Crippen LogP contribution in [0.15, 0.2) is 16.5 Å². The monoisotopic (exact) mass is 283 g/mol. The van der Waals surface area contributed by atoms with Gasteiger partial charge in [0.1, 0.15) is 11.5 Å². The molecule has 2 rings (SSSR count). The van der Waals surface area contributed by atoms with E-state index in [1.807, 2.05) is 12.1 Å². The van der Waals surface area contributed by atoms with Gasteiger partial charge in [0.15, 0.2) is 0 Å². The molecule has 1 aromatic heterocycles. The van der Waals surface area contributed by atoms with Crippen LogP contribution in [0.3, 0.4) is 0 Å². The number of rotatable bonds is 6. The second kappa shape index (κ2) is 6.82. The minimum absolute atomic E-state index is 0.521. The SMILES string of the molecule is CSCc1ccc(CNCC2(O)CCCC(C)C2)o1. The summed E-state index contributed by atoms with van der Waals surface area (Å²) in [7, 11) is 0. The van der Waals surface area contributed by atoms with Crippen LogP contribution in [-0.4, -0.2) is 23.5 Å². The largest absolute Gasteiger partial charge is 0.464 e. The number of thioether (sulfide) groups is 1. The van der Waals surface area contributed by atoms with Crippen molar-refractivity contribution in [3.63, 3.8) is 0 Å². The molecule has 1 aromatic rings. The third-order valence-corrected chi connectivity index (χ3v) is 4.40. The molecule has 2 unspecified atom stereocenters. The first-order chi connectivity index (χ1) is 9.11. The Morgan fingerprint density at radius 3 is 3.00 bits per heavy atom. The fraction of sp³-hybridized carbons (Fsp3) is 0.733. The van der Waals surface area contributed by atoms with Crippen LogP contribution in [0.2, 0.25) is 0 Å². The van der Waals surface area contributed by atoms with Crippen molar-refractivity contribution >= 4 is 11.8 Å². The highest BCUT2D eigenvalue weighted by atomic mass is 32.2. The first-order valence-electron chi connectivity index (χ1n) is 7.11. The van der Waals surface area contributed by atoms with Crippen molar-refractivity contribution < 1.29 is 9.52 Å². The van der Waals surface area contributed by atoms with E-state index < -0.39 is 5.60 Å². The summed E-state index contributed by atoms with van der Waals surface area (Å²) in [4.78, 5) is 0. The average Bonchev–Trinajstić information content (AvgIpc) is 2.77. The number of furan rings is 1. The smallest absolute Gasteiger partial charge is 0.118 e. The minimum Gasteiger partial charge on any atom is -0.464 e. The molecule has 0 radical (unpaired) electrons. The van der Waals surface area contributed by atoms with Crippen molar-refractivity contribution in [1.29, 1.82) is 0 Å². The van der Waals surface area contributed by atoms with Gasteiger partial charge in [0.05, 0.1) is 17.9 Å². The molecule has 0 spiro atoms. The average molecular weight is 283 g/mol. The van der Waals surface area contributed by atoms with Crippen LogP contribution < -0.4 is 5.32 Å². The lowest BCUT2D eigenvalue weighted by atomic mass is 9.79. The van der Waals surface area contributed by atoms with E-state index >= 15 is 0 Å². The second-order valence-corrected chi connectivity index (χ2v) is 6.70. The minimum atomic E-state index is -0.521. The van der Waals surface area contributed by atoms with E-state index in [1.165, 1.54) is 6.42 Å². The molecule has 2 atom stereocenters. The van der Waals surface area contributed by atoms with Gasteiger partial charge in [0, 0.05) is 6.54 Å². The molecule has 4 heteroatoms. The summed E-state index contributed by atoms with van der Waals surface area (Å²) in [5.74, 6) is 3.53. The molecule has 1 aliphatic rings. The van der Waals surface area contributed by atoms with Gasteiger partial charge in [-0.3, -0.25) is 0 Å². The van der Waals surface area contributed by atoms with Gasteiger partial charge in [-0.15, -0.1) is 0 Å². The predicted octanol–water partition coefficient (Wildman–Crippen LogP) is 3.17. The van der Waals surface area contributed by atoms with Gasteiger partial charge in [-0.2, -0.15) is 11.8 Å². The molecular weight excluding hydrogens is 258 g/mol. The molecule has 108 valence electrons. The topological polar surface area (TPSA) is 45.4 Å². The lowest BCUT2D eigenvalue weighted by Gasteiger charge is -2.35. The van der Waals surface area contributed by atoms with Gasteiger partial charge in [-0.25, -0.2) is 0 Å². The van der Waals surface area contributed by atoms with Crippen molar-refractivity contribution in [1.82, 2.24) is 5.32 Å². The maximum Gasteiger partial charge on any atom is 0.118 e. The molecule has 0 aliphatic heterocycles. The summed E-state index contributed by atoms with van der Waals surface area (Å²) < 4.78 is 5.70. The zero-order valence-electron chi connectivity index (χ0n) is 11.9. The summed E-state index contributed by atoms with van der Waals surface area (Å²) in [5.41, 5.74) is -0.521. The van der Waals surface area contributed by atoms with E-state index in [-0.39, 0.29) is 0 Å². The summed E-state index contributed by atoms with van der Waals surface area (Å²) in [6.07, 6.45) is 6.28. The molecule has 1 heterocycles. The van der Waals surface area contributed by atoms with Crippen LogP contribution in [0.1, 0.15) is 44.1 Å². The molecule has 1 fully saturated rings. The highest BCUT2D eigenvalue weighted by Crippen LogP contribution is 2.31. The zero-order valence-corrected chi connectivity index (χ0v) is 12.8. The van der Waals surface area contributed by atoms with Crippen molar-refractivity contribution in [2.45, 2.75) is 50.5 Å². The summed E-state index contributed by atoms with van der Waals surface area (Å²) in [6.45, 7) is 3.59. The van der Waals surface area contributed by atoms with Gasteiger partial charge in [0.25, 0.3) is 0 Å². The van der Waals surface area contributed by atoms with Crippen molar-refractivity contribution in [2.75, 3.05) is 12.8 Å². The number of nitrogens with one attached hydrogen (secondary N) is 1. The highest BCUT2D eigenvalue weighted by molar-refractivity contribution is 7.97. The van der Waals surface area contributed by atoms with E-state index in [9.17, 15) is 5.11 Å². The van der Waals surface area contributed by atoms with Crippen molar-refractivity contribution in [3.05, 3.63) is 23.7 Å². The number of hydrogen-bond donors (Lipinski definition) is 2. The number of hydrogen-bond acceptors (Lipinski definition) is 4. The summed E-state index contributed by atoms with van der Waals surface area (Å²) in [6, 6.07) is 4.05. The van der Waals surface area contributed by atoms with Crippen molar-refractivity contribution in [2.24, 2.45) is 5.92 Å². The Balaban J connectivity index is 1.75. The third-order valence-electron chi connectivity index (χ3n) is 3.82. The maximum absolute atomic E-state index is 10.5. The summed E-state index contributed by atoms with van der Waals surface area (Å²) >= 11 is 1.76. The van der Waals surface area contributed by atoms with Gasteiger partial charge < -0.3 is 14.8 Å². The second-order valence-electron chi connectivity index (χ2n) is 5.83. The Morgan fingerprint density at radius 1 is 1.47 bits per heavy atom. The van der Waals surface area contributed by atoms with Gasteiger partial charge in [-0.05, 0) is 37.1 Å². The van der Waals surface area contributed by atoms with Crippen LogP contribution >= 0.6 is 11.8 Å². The zero-order chi connectivity index (χ0) is 13.7. The third kappa shape index (κ3) is 4.55. The van der Waals surface area contributed by atoms with Gasteiger partial charge >= 0.3 is 0 Å². The molecule has 0 aromatic carbocycles. The molecule has 3 nitrogen and oxygen atoms in total. The van der Waals surface area contributed by atoms with E-state index in [2.05, 4.69) is 18.5 Å². The summed E-state index contributed by atoms with van der Waals surface area (Å²) in [5, 5.41) is 13.9. The first kappa shape index (κ1) is 14.9. The van der Waals surface area contributed by atoms with Gasteiger partial charge in [0.2, 0.25) is 0 Å². The normalized spacial score (nSPS) is 27.6. The Hall–Kier alpha value is -0.450. The van der Waals surface area contributed by atoms with Crippen LogP contribution in [0.4, 0.5) is 0 Å². The number of aliphatic hydroxyl groups is 1. The van der Waals surface area contributed by atoms with Crippen LogP contribution in [-0.2, 0) is 12.3 Å². The molecule has 0 amide bonds. The lowest BCUT2D eigenvalue weighted by molar-refractivity contribution is -0.0121. The van der Waals surface area contributed by atoms with Crippen LogP contribution in [0, 0.1) is 5.92 Å². The van der Waals surface area contributed by atoms with E-state index in [0.717, 1.165) is 36.5 Å². The molecule has 19 heavy (non-hydrogen) atoms. The van der Waals surface area contributed by atoms with Crippen LogP contribution in [0.25, 0.3) is 0 Å². The predicted molar refractivity (Wildman–Crippen MR) is 80.2 cm³/mol. The van der Waals surface area contributed by atoms with Crippen molar-refractivity contribution in [3.8, 4) is 0 Å². The highest BCUT2D eigenvalue weighted by Gasteiger charge is 2.32. The van der Waals surface area contributed by atoms with Crippen LogP contribution in [0.5, 0.6) is 0 Å². The molecule has 1 saturated carbocycles. The Kier molecular flexibility index (Phi) is 5.37. The molecule has 2 N–H and O–H groups in total. The van der Waals surface area contributed by atoms with E-state index in [1.54, 1.807) is 11.8 Å². The Bertz CT molecular complexity index is 393. The fourth-order valence-electron chi connectivity index (χ4n) is 2.95. The quantitative estimate of drug-likeness (QED) is 0.842. The molecule has 0 bridgehead atoms. The maximum atomic E-state index is 10.5. The van der Waals surface area contributed by atoms with E-state index in [0.29, 0.717) is 19.0 Å². The van der Waals surface area contributed by atoms with E-state index in [4.69, 9.17) is 4.42 Å². The standard InChI is InChI=1S/C15H25NO2S/c1-12-4-3-7-15(17,8-12)11-16-9-13-5-6-14(18-13)10-19-2/h5-6,12,16-17H,3-4,7-11H2,1-2H3. The molecule has 0 saturated heterocycles. The molecule has 1 aliphatic carbocycles. The van der Waals surface area contributed by atoms with Gasteiger partial charge in [-0.1, -0.05) is 19.8 Å². The lowest BCUT2D eigenvalue weighted by Crippen LogP contribution is -2.43. The first-order valence-corrected chi connectivity index (χ1v) is 8.50. The Labute approximate surface area is 120 Å².